The molecule has 0 aromatic heterocycles. The van der Waals surface area contributed by atoms with E-state index in [0.29, 0.717) is 19.3 Å². The van der Waals surface area contributed by atoms with Crippen molar-refractivity contribution < 1.29 is 14.7 Å². The van der Waals surface area contributed by atoms with E-state index in [4.69, 9.17) is 5.11 Å². The van der Waals surface area contributed by atoms with Gasteiger partial charge in [-0.3, -0.25) is 4.79 Å². The van der Waals surface area contributed by atoms with Crippen LogP contribution in [0, 0.1) is 0 Å². The van der Waals surface area contributed by atoms with Crippen molar-refractivity contribution in [1.82, 2.24) is 0 Å². The zero-order valence-electron chi connectivity index (χ0n) is 8.77. The van der Waals surface area contributed by atoms with Crippen molar-refractivity contribution in [2.45, 2.75) is 19.3 Å². The van der Waals surface area contributed by atoms with Crippen LogP contribution >= 0.6 is 0 Å². The largest absolute Gasteiger partial charge is 0.478 e. The summed E-state index contributed by atoms with van der Waals surface area (Å²) in [7, 11) is 0. The molecule has 0 atom stereocenters. The van der Waals surface area contributed by atoms with Crippen LogP contribution in [0.4, 0.5) is 0 Å². The minimum Gasteiger partial charge on any atom is -0.478 e. The van der Waals surface area contributed by atoms with Gasteiger partial charge in [-0.1, -0.05) is 18.2 Å². The fraction of sp³-hybridized carbons (Fsp3) is 0.231. The summed E-state index contributed by atoms with van der Waals surface area (Å²) in [6.45, 7) is 0. The van der Waals surface area contributed by atoms with Crippen molar-refractivity contribution in [1.29, 1.82) is 0 Å². The number of hydrogen-bond donors (Lipinski definition) is 1. The normalized spacial score (nSPS) is 15.1. The summed E-state index contributed by atoms with van der Waals surface area (Å²) in [6, 6.07) is 5.68. The lowest BCUT2D eigenvalue weighted by Crippen LogP contribution is -2.14. The Bertz CT molecular complexity index is 472. The minimum absolute atomic E-state index is 0.256. The molecule has 2 rings (SSSR count). The van der Waals surface area contributed by atoms with Crippen LogP contribution in [0.3, 0.4) is 0 Å². The molecule has 3 nitrogen and oxygen atoms in total. The van der Waals surface area contributed by atoms with Crippen LogP contribution in [0.25, 0.3) is 6.08 Å². The monoisotopic (exact) mass is 216 g/mol. The molecule has 1 aliphatic carbocycles. The second-order valence-corrected chi connectivity index (χ2v) is 3.87. The number of benzene rings is 1. The average molecular weight is 216 g/mol. The first-order chi connectivity index (χ1) is 7.66. The van der Waals surface area contributed by atoms with Crippen LogP contribution in [-0.4, -0.2) is 16.9 Å². The highest BCUT2D eigenvalue weighted by Crippen LogP contribution is 2.23. The first-order valence-electron chi connectivity index (χ1n) is 5.20. The summed E-state index contributed by atoms with van der Waals surface area (Å²) in [4.78, 5) is 21.7. The van der Waals surface area contributed by atoms with Crippen LogP contribution in [0.5, 0.6) is 0 Å². The lowest BCUT2D eigenvalue weighted by atomic mass is 9.87. The number of carboxylic acids is 1. The number of rotatable bonds is 2. The second-order valence-electron chi connectivity index (χ2n) is 3.87. The number of carbonyl (C=O) groups excluding carboxylic acids is 1. The predicted molar refractivity (Wildman–Crippen MR) is 60.1 cm³/mol. The van der Waals surface area contributed by atoms with Gasteiger partial charge in [-0.05, 0) is 29.2 Å². The van der Waals surface area contributed by atoms with Gasteiger partial charge in [0.25, 0.3) is 0 Å². The topological polar surface area (TPSA) is 54.4 Å². The lowest BCUT2D eigenvalue weighted by Gasteiger charge is -2.16. The third-order valence-electron chi connectivity index (χ3n) is 2.76. The summed E-state index contributed by atoms with van der Waals surface area (Å²) < 4.78 is 0. The Morgan fingerprint density at radius 2 is 2.12 bits per heavy atom. The molecule has 0 fully saturated rings. The third-order valence-corrected chi connectivity index (χ3v) is 2.76. The number of carbonyl (C=O) groups is 2. The number of Topliss-reactive ketones (excluding diaryl/α,β-unsaturated/α-hetero) is 1. The molecule has 0 saturated heterocycles. The van der Waals surface area contributed by atoms with Crippen molar-refractivity contribution >= 4 is 17.8 Å². The summed E-state index contributed by atoms with van der Waals surface area (Å²) in [5.74, 6) is -0.698. The third kappa shape index (κ3) is 2.19. The maximum absolute atomic E-state index is 11.3. The fourth-order valence-electron chi connectivity index (χ4n) is 2.01. The van der Waals surface area contributed by atoms with Gasteiger partial charge in [0.15, 0.2) is 0 Å². The summed E-state index contributed by atoms with van der Waals surface area (Å²) >= 11 is 0. The number of fused-ring (bicyclic) bond motifs is 1. The molecular formula is C13H12O3. The van der Waals surface area contributed by atoms with E-state index in [2.05, 4.69) is 0 Å². The molecule has 0 heterocycles. The van der Waals surface area contributed by atoms with Gasteiger partial charge < -0.3 is 5.11 Å². The minimum atomic E-state index is -0.954. The van der Waals surface area contributed by atoms with E-state index in [1.54, 1.807) is 6.08 Å². The van der Waals surface area contributed by atoms with Gasteiger partial charge in [0.1, 0.15) is 5.78 Å². The van der Waals surface area contributed by atoms with Gasteiger partial charge in [-0.25, -0.2) is 4.79 Å². The van der Waals surface area contributed by atoms with E-state index in [0.717, 1.165) is 22.8 Å². The highest BCUT2D eigenvalue weighted by molar-refractivity contribution is 5.87. The smallest absolute Gasteiger partial charge is 0.328 e. The molecule has 3 heteroatoms. The Hall–Kier alpha value is -1.90. The summed E-state index contributed by atoms with van der Waals surface area (Å²) in [5, 5.41) is 8.58. The van der Waals surface area contributed by atoms with Gasteiger partial charge in [0.05, 0.1) is 0 Å². The first-order valence-corrected chi connectivity index (χ1v) is 5.20. The SMILES string of the molecule is O=C(O)C=Cc1cccc2c1CCC(=O)C2. The van der Waals surface area contributed by atoms with Crippen LogP contribution in [0.1, 0.15) is 23.1 Å². The molecule has 1 N–H and O–H groups in total. The molecule has 0 spiro atoms. The maximum atomic E-state index is 11.3. The standard InChI is InChI=1S/C13H12O3/c14-11-5-6-12-9(4-7-13(15)16)2-1-3-10(12)8-11/h1-4,7H,5-6,8H2,(H,15,16). The molecule has 16 heavy (non-hydrogen) atoms. The van der Waals surface area contributed by atoms with Gasteiger partial charge in [-0.2, -0.15) is 0 Å². The van der Waals surface area contributed by atoms with Crippen LogP contribution in [-0.2, 0) is 22.4 Å². The van der Waals surface area contributed by atoms with Gasteiger partial charge in [0, 0.05) is 18.9 Å². The Balaban J connectivity index is 2.37. The zero-order valence-corrected chi connectivity index (χ0v) is 8.77. The lowest BCUT2D eigenvalue weighted by molar-refractivity contribution is -0.131. The Morgan fingerprint density at radius 1 is 1.31 bits per heavy atom. The second kappa shape index (κ2) is 4.31. The molecule has 1 aromatic carbocycles. The maximum Gasteiger partial charge on any atom is 0.328 e. The average Bonchev–Trinajstić information content (AvgIpc) is 2.25. The Morgan fingerprint density at radius 3 is 2.88 bits per heavy atom. The van der Waals surface area contributed by atoms with E-state index in [1.807, 2.05) is 18.2 Å². The highest BCUT2D eigenvalue weighted by Gasteiger charge is 2.16. The number of carboxylic acid groups (broad SMARTS) is 1. The Kier molecular flexibility index (Phi) is 2.86. The molecule has 0 amide bonds. The molecule has 0 bridgehead atoms. The van der Waals surface area contributed by atoms with E-state index < -0.39 is 5.97 Å². The predicted octanol–water partition coefficient (Wildman–Crippen LogP) is 1.84. The van der Waals surface area contributed by atoms with Gasteiger partial charge in [0.2, 0.25) is 0 Å². The number of ketones is 1. The van der Waals surface area contributed by atoms with Crippen molar-refractivity contribution in [3.8, 4) is 0 Å². The van der Waals surface area contributed by atoms with Crippen molar-refractivity contribution in [3.63, 3.8) is 0 Å². The number of aliphatic carboxylic acids is 1. The van der Waals surface area contributed by atoms with E-state index in [-0.39, 0.29) is 5.78 Å². The molecule has 0 aliphatic heterocycles. The molecule has 0 saturated carbocycles. The van der Waals surface area contributed by atoms with Crippen molar-refractivity contribution in [2.24, 2.45) is 0 Å². The molecule has 82 valence electrons. The number of hydrogen-bond acceptors (Lipinski definition) is 2. The molecular weight excluding hydrogens is 204 g/mol. The quantitative estimate of drug-likeness (QED) is 0.767. The first kappa shape index (κ1) is 10.6. The highest BCUT2D eigenvalue weighted by atomic mass is 16.4. The van der Waals surface area contributed by atoms with Gasteiger partial charge >= 0.3 is 5.97 Å². The summed E-state index contributed by atoms with van der Waals surface area (Å²) in [5.41, 5.74) is 3.05. The van der Waals surface area contributed by atoms with Crippen LogP contribution in [0.15, 0.2) is 24.3 Å². The molecule has 0 unspecified atom stereocenters. The van der Waals surface area contributed by atoms with E-state index >= 15 is 0 Å². The fourth-order valence-corrected chi connectivity index (χ4v) is 2.01. The molecule has 1 aromatic rings. The van der Waals surface area contributed by atoms with Crippen molar-refractivity contribution in [3.05, 3.63) is 41.0 Å². The molecule has 0 radical (unpaired) electrons. The van der Waals surface area contributed by atoms with E-state index in [9.17, 15) is 9.59 Å². The van der Waals surface area contributed by atoms with Gasteiger partial charge in [-0.15, -0.1) is 0 Å². The van der Waals surface area contributed by atoms with E-state index in [1.165, 1.54) is 0 Å². The Labute approximate surface area is 93.4 Å². The summed E-state index contributed by atoms with van der Waals surface area (Å²) in [6.07, 6.45) is 4.48. The van der Waals surface area contributed by atoms with Crippen LogP contribution in [0.2, 0.25) is 0 Å². The van der Waals surface area contributed by atoms with Crippen LogP contribution < -0.4 is 0 Å². The van der Waals surface area contributed by atoms with Crippen molar-refractivity contribution in [2.75, 3.05) is 0 Å². The molecule has 1 aliphatic rings. The zero-order chi connectivity index (χ0) is 11.5.